The Morgan fingerprint density at radius 2 is 1.80 bits per heavy atom. The number of fused-ring (bicyclic) bond motifs is 3. The second-order valence-corrected chi connectivity index (χ2v) is 11.5. The monoisotopic (exact) mass is 559 g/mol. The largest absolute Gasteiger partial charge is 0.489 e. The molecule has 214 valence electrons. The molecule has 1 atom stereocenters. The minimum absolute atomic E-state index is 0.0588. The molecule has 5 aromatic rings. The molecule has 1 N–H and O–H groups in total. The number of halogens is 2. The van der Waals surface area contributed by atoms with Crippen LogP contribution in [0.3, 0.4) is 0 Å². The number of ether oxygens (including phenoxy) is 1. The number of benzene rings is 2. The highest BCUT2D eigenvalue weighted by Gasteiger charge is 2.33. The minimum atomic E-state index is -1.04. The van der Waals surface area contributed by atoms with E-state index in [1.54, 1.807) is 17.8 Å². The van der Waals surface area contributed by atoms with Gasteiger partial charge in [-0.15, -0.1) is 0 Å². The number of pyridine rings is 1. The molecule has 1 unspecified atom stereocenters. The molecule has 0 spiro atoms. The zero-order chi connectivity index (χ0) is 29.5. The van der Waals surface area contributed by atoms with E-state index in [2.05, 4.69) is 32.1 Å². The lowest BCUT2D eigenvalue weighted by molar-refractivity contribution is 0.295. The van der Waals surface area contributed by atoms with Crippen LogP contribution in [0.1, 0.15) is 49.5 Å². The average molecular weight is 560 g/mol. The Labute approximate surface area is 238 Å². The summed E-state index contributed by atoms with van der Waals surface area (Å²) in [5.41, 5.74) is 5.07. The topological polar surface area (TPSA) is 72.9 Å². The highest BCUT2D eigenvalue weighted by atomic mass is 19.2. The van der Waals surface area contributed by atoms with Crippen molar-refractivity contribution >= 4 is 16.3 Å². The van der Waals surface area contributed by atoms with E-state index >= 15 is 4.39 Å². The number of aromatic nitrogens is 3. The van der Waals surface area contributed by atoms with Gasteiger partial charge in [0.25, 0.3) is 0 Å². The molecule has 3 aromatic heterocycles. The van der Waals surface area contributed by atoms with Gasteiger partial charge in [-0.2, -0.15) is 14.4 Å². The Morgan fingerprint density at radius 3 is 2.49 bits per heavy atom. The smallest absolute Gasteiger partial charge is 0.201 e. The van der Waals surface area contributed by atoms with Gasteiger partial charge in [0.1, 0.15) is 6.04 Å². The fourth-order valence-electron chi connectivity index (χ4n) is 5.52. The summed E-state index contributed by atoms with van der Waals surface area (Å²) in [6, 6.07) is 14.1. The Morgan fingerprint density at radius 1 is 1.07 bits per heavy atom. The summed E-state index contributed by atoms with van der Waals surface area (Å²) in [5.74, 6) is -2.18. The van der Waals surface area contributed by atoms with Crippen LogP contribution in [0.2, 0.25) is 0 Å². The van der Waals surface area contributed by atoms with E-state index in [1.807, 2.05) is 65.2 Å². The van der Waals surface area contributed by atoms with Gasteiger partial charge in [0.05, 0.1) is 17.8 Å². The lowest BCUT2D eigenvalue weighted by Gasteiger charge is -2.24. The van der Waals surface area contributed by atoms with E-state index in [4.69, 9.17) is 4.74 Å². The highest BCUT2D eigenvalue weighted by molar-refractivity contribution is 6.00. The van der Waals surface area contributed by atoms with Crippen LogP contribution in [-0.2, 0) is 20.0 Å². The van der Waals surface area contributed by atoms with Crippen molar-refractivity contribution in [1.29, 1.82) is 0 Å². The molecule has 0 aliphatic heterocycles. The second-order valence-electron chi connectivity index (χ2n) is 11.5. The van der Waals surface area contributed by atoms with Crippen molar-refractivity contribution < 1.29 is 13.5 Å². The third kappa shape index (κ3) is 5.10. The second kappa shape index (κ2) is 11.0. The summed E-state index contributed by atoms with van der Waals surface area (Å²) in [6.07, 6.45) is 2.29. The Balaban J connectivity index is 1.52. The van der Waals surface area contributed by atoms with Crippen LogP contribution >= 0.6 is 0 Å². The van der Waals surface area contributed by atoms with E-state index < -0.39 is 23.1 Å². The van der Waals surface area contributed by atoms with E-state index in [9.17, 15) is 9.30 Å². The van der Waals surface area contributed by atoms with Crippen molar-refractivity contribution in [2.24, 2.45) is 17.6 Å². The molecule has 0 saturated carbocycles. The molecule has 5 rings (SSSR count). The number of nitroso groups, excluding NO2 is 1. The molecule has 9 heteroatoms. The first-order valence-electron chi connectivity index (χ1n) is 13.7. The Hall–Kier alpha value is -4.11. The zero-order valence-electron chi connectivity index (χ0n) is 24.3. The van der Waals surface area contributed by atoms with E-state index in [0.717, 1.165) is 39.3 Å². The van der Waals surface area contributed by atoms with E-state index in [1.165, 1.54) is 0 Å². The summed E-state index contributed by atoms with van der Waals surface area (Å²) in [6.45, 7) is 8.41. The molecule has 0 aliphatic carbocycles. The van der Waals surface area contributed by atoms with Crippen LogP contribution in [0, 0.1) is 28.9 Å². The molecule has 0 saturated heterocycles. The van der Waals surface area contributed by atoms with Crippen LogP contribution in [0.15, 0.2) is 59.9 Å². The lowest BCUT2D eigenvalue weighted by Crippen LogP contribution is -2.18. The Kier molecular flexibility index (Phi) is 7.66. The van der Waals surface area contributed by atoms with Crippen molar-refractivity contribution in [2.45, 2.75) is 46.7 Å². The van der Waals surface area contributed by atoms with Gasteiger partial charge in [-0.3, -0.25) is 4.68 Å². The fraction of sp³-hybridized carbons (Fsp3) is 0.344. The third-order valence-electron chi connectivity index (χ3n) is 7.73. The van der Waals surface area contributed by atoms with Crippen LogP contribution < -0.4 is 10.1 Å². The maximum absolute atomic E-state index is 15.3. The van der Waals surface area contributed by atoms with Crippen molar-refractivity contribution in [3.8, 4) is 16.9 Å². The van der Waals surface area contributed by atoms with E-state index in [0.29, 0.717) is 29.8 Å². The standard InChI is InChI=1S/C32H35F2N5O2/c1-19-21(29(36-38(19)6)31(37-40)32(2,3)4)15-16-41-30-22(12-13-25(33)28(30)34)20-11-14-26-23-9-7-8-10-24(23)27(17-35-5)39(26)18-20/h7-14,18,31,35H,15-17H2,1-6H3. The SMILES string of the molecule is CNCc1c2ccccc2c2ccc(-c3ccc(F)c(F)c3OCCc3c(C(N=O)C(C)(C)C)nn(C)c3C)cn12. The minimum Gasteiger partial charge on any atom is -0.489 e. The zero-order valence-corrected chi connectivity index (χ0v) is 24.3. The molecule has 7 nitrogen and oxygen atoms in total. The molecule has 0 bridgehead atoms. The van der Waals surface area contributed by atoms with Crippen LogP contribution in [0.5, 0.6) is 5.75 Å². The molecule has 3 heterocycles. The van der Waals surface area contributed by atoms with Gasteiger partial charge in [-0.05, 0) is 37.6 Å². The number of hydrogen-bond acceptors (Lipinski definition) is 5. The molecular weight excluding hydrogens is 524 g/mol. The quantitative estimate of drug-likeness (QED) is 0.193. The number of aryl methyl sites for hydroxylation is 1. The fourth-order valence-corrected chi connectivity index (χ4v) is 5.52. The average Bonchev–Trinajstić information content (AvgIpc) is 3.39. The summed E-state index contributed by atoms with van der Waals surface area (Å²) >= 11 is 0. The number of hydrogen-bond donors (Lipinski definition) is 1. The number of rotatable bonds is 9. The molecule has 0 amide bonds. The molecule has 0 aliphatic rings. The summed E-state index contributed by atoms with van der Waals surface area (Å²) in [7, 11) is 3.70. The first-order chi connectivity index (χ1) is 19.6. The summed E-state index contributed by atoms with van der Waals surface area (Å²) < 4.78 is 39.5. The van der Waals surface area contributed by atoms with Crippen molar-refractivity contribution in [2.75, 3.05) is 13.7 Å². The summed E-state index contributed by atoms with van der Waals surface area (Å²) in [4.78, 5) is 11.8. The normalized spacial score (nSPS) is 12.8. The highest BCUT2D eigenvalue weighted by Crippen LogP contribution is 2.39. The number of nitrogens with one attached hydrogen (secondary N) is 1. The maximum atomic E-state index is 15.3. The van der Waals surface area contributed by atoms with Gasteiger partial charge < -0.3 is 14.5 Å². The van der Waals surface area contributed by atoms with Crippen LogP contribution in [-0.4, -0.2) is 27.8 Å². The Bertz CT molecular complexity index is 1750. The van der Waals surface area contributed by atoms with Gasteiger partial charge in [0.15, 0.2) is 11.6 Å². The first kappa shape index (κ1) is 28.4. The van der Waals surface area contributed by atoms with Crippen LogP contribution in [0.25, 0.3) is 27.4 Å². The number of nitrogens with zero attached hydrogens (tertiary/aromatic N) is 4. The van der Waals surface area contributed by atoms with Gasteiger partial charge in [0, 0.05) is 65.1 Å². The predicted molar refractivity (Wildman–Crippen MR) is 158 cm³/mol. The van der Waals surface area contributed by atoms with Crippen molar-refractivity contribution in [1.82, 2.24) is 19.5 Å². The summed E-state index contributed by atoms with van der Waals surface area (Å²) in [5, 5.41) is 13.4. The lowest BCUT2D eigenvalue weighted by atomic mass is 9.83. The van der Waals surface area contributed by atoms with Crippen LogP contribution in [0.4, 0.5) is 8.78 Å². The van der Waals surface area contributed by atoms with E-state index in [-0.39, 0.29) is 12.4 Å². The molecular formula is C32H35F2N5O2. The molecule has 0 fully saturated rings. The predicted octanol–water partition coefficient (Wildman–Crippen LogP) is 7.27. The van der Waals surface area contributed by atoms with Crippen molar-refractivity contribution in [3.63, 3.8) is 0 Å². The van der Waals surface area contributed by atoms with Gasteiger partial charge >= 0.3 is 0 Å². The van der Waals surface area contributed by atoms with Gasteiger partial charge in [-0.25, -0.2) is 4.39 Å². The first-order valence-corrected chi connectivity index (χ1v) is 13.7. The molecule has 0 radical (unpaired) electrons. The van der Waals surface area contributed by atoms with Gasteiger partial charge in [0.2, 0.25) is 5.82 Å². The third-order valence-corrected chi connectivity index (χ3v) is 7.73. The molecule has 2 aromatic carbocycles. The van der Waals surface area contributed by atoms with Gasteiger partial charge in [-0.1, -0.05) is 56.3 Å². The van der Waals surface area contributed by atoms with Crippen molar-refractivity contribution in [3.05, 3.63) is 93.9 Å². The molecule has 41 heavy (non-hydrogen) atoms. The maximum Gasteiger partial charge on any atom is 0.201 e.